The van der Waals surface area contributed by atoms with Crippen LogP contribution in [-0.4, -0.2) is 48.4 Å². The molecule has 1 saturated heterocycles. The Balaban J connectivity index is 1.37. The first-order chi connectivity index (χ1) is 18.7. The van der Waals surface area contributed by atoms with Crippen LogP contribution in [0, 0.1) is 19.7 Å². The lowest BCUT2D eigenvalue weighted by molar-refractivity contribution is -0.118. The second kappa shape index (κ2) is 10.8. The first-order valence-corrected chi connectivity index (χ1v) is 12.9. The van der Waals surface area contributed by atoms with Crippen LogP contribution in [0.4, 0.5) is 15.8 Å². The van der Waals surface area contributed by atoms with Gasteiger partial charge in [-0.2, -0.15) is 0 Å². The second-order valence-corrected chi connectivity index (χ2v) is 9.88. The Morgan fingerprint density at radius 3 is 2.59 bits per heavy atom. The van der Waals surface area contributed by atoms with Gasteiger partial charge < -0.3 is 31.6 Å². The molecule has 1 fully saturated rings. The standard InChI is InChI=1S/C29H31FN6O3/c1-15-24(33-17(3)26(15)36-29(39)25-14-31-10-11-32-25)13-22-21-12-19(6-9-23(21)35-28(22)38)27(37)34-16(2)18-4-7-20(30)8-5-18/h4-9,12-13,16,25,31-33H,10-11,14H2,1-3H3,(H,34,37)(H,35,38)(H,36,39)/b22-13-/t16-,25+/m1/s1. The van der Waals surface area contributed by atoms with Crippen molar-refractivity contribution in [1.29, 1.82) is 0 Å². The number of hydrogen-bond acceptors (Lipinski definition) is 5. The van der Waals surface area contributed by atoms with E-state index in [-0.39, 0.29) is 35.6 Å². The molecule has 10 heteroatoms. The summed E-state index contributed by atoms with van der Waals surface area (Å²) in [5, 5.41) is 15.2. The molecule has 2 aliphatic rings. The van der Waals surface area contributed by atoms with E-state index >= 15 is 0 Å². The number of carbonyl (C=O) groups excluding carboxylic acids is 3. The molecule has 3 amide bonds. The zero-order valence-electron chi connectivity index (χ0n) is 22.0. The highest BCUT2D eigenvalue weighted by Gasteiger charge is 2.27. The van der Waals surface area contributed by atoms with Crippen LogP contribution in [0.15, 0.2) is 42.5 Å². The van der Waals surface area contributed by atoms with Gasteiger partial charge in [0, 0.05) is 47.8 Å². The smallest absolute Gasteiger partial charge is 0.256 e. The zero-order valence-corrected chi connectivity index (χ0v) is 22.0. The molecule has 0 spiro atoms. The highest BCUT2D eigenvalue weighted by molar-refractivity contribution is 6.35. The summed E-state index contributed by atoms with van der Waals surface area (Å²) in [6.45, 7) is 7.67. The lowest BCUT2D eigenvalue weighted by Gasteiger charge is -2.23. The number of piperazine rings is 1. The highest BCUT2D eigenvalue weighted by atomic mass is 19.1. The summed E-state index contributed by atoms with van der Waals surface area (Å²) in [7, 11) is 0. The Hall–Kier alpha value is -4.28. The van der Waals surface area contributed by atoms with Gasteiger partial charge in [0.25, 0.3) is 11.8 Å². The fraction of sp³-hybridized carbons (Fsp3) is 0.276. The van der Waals surface area contributed by atoms with Crippen molar-refractivity contribution in [1.82, 2.24) is 20.9 Å². The highest BCUT2D eigenvalue weighted by Crippen LogP contribution is 2.35. The van der Waals surface area contributed by atoms with Crippen LogP contribution in [0.2, 0.25) is 0 Å². The lowest BCUT2D eigenvalue weighted by Crippen LogP contribution is -2.54. The van der Waals surface area contributed by atoms with Crippen LogP contribution in [0.3, 0.4) is 0 Å². The molecule has 39 heavy (non-hydrogen) atoms. The number of anilines is 2. The number of aromatic nitrogens is 1. The average molecular weight is 531 g/mol. The van der Waals surface area contributed by atoms with Crippen LogP contribution in [0.25, 0.3) is 11.6 Å². The zero-order chi connectivity index (χ0) is 27.7. The molecular weight excluding hydrogens is 499 g/mol. The summed E-state index contributed by atoms with van der Waals surface area (Å²) >= 11 is 0. The van der Waals surface area contributed by atoms with Crippen molar-refractivity contribution in [2.75, 3.05) is 30.3 Å². The molecule has 202 valence electrons. The van der Waals surface area contributed by atoms with Crippen LogP contribution in [-0.2, 0) is 9.59 Å². The van der Waals surface area contributed by atoms with E-state index in [1.807, 2.05) is 20.8 Å². The van der Waals surface area contributed by atoms with Crippen LogP contribution >= 0.6 is 0 Å². The van der Waals surface area contributed by atoms with Gasteiger partial charge in [0.15, 0.2) is 0 Å². The van der Waals surface area contributed by atoms with Crippen LogP contribution in [0.5, 0.6) is 0 Å². The molecule has 0 saturated carbocycles. The number of aryl methyl sites for hydroxylation is 1. The maximum Gasteiger partial charge on any atom is 0.256 e. The van der Waals surface area contributed by atoms with E-state index in [9.17, 15) is 18.8 Å². The summed E-state index contributed by atoms with van der Waals surface area (Å²) in [5.41, 5.74) is 5.75. The van der Waals surface area contributed by atoms with Gasteiger partial charge in [-0.15, -0.1) is 0 Å². The fourth-order valence-corrected chi connectivity index (χ4v) is 4.89. The number of halogens is 1. The first kappa shape index (κ1) is 26.3. The number of fused-ring (bicyclic) bond motifs is 1. The van der Waals surface area contributed by atoms with Crippen LogP contribution < -0.4 is 26.6 Å². The average Bonchev–Trinajstić information content (AvgIpc) is 3.38. The lowest BCUT2D eigenvalue weighted by atomic mass is 10.0. The van der Waals surface area contributed by atoms with Crippen molar-refractivity contribution in [3.8, 4) is 0 Å². The maximum atomic E-state index is 13.3. The molecule has 1 aromatic heterocycles. The molecule has 0 bridgehead atoms. The molecule has 0 aliphatic carbocycles. The molecule has 3 aromatic rings. The predicted octanol–water partition coefficient (Wildman–Crippen LogP) is 3.25. The van der Waals surface area contributed by atoms with Gasteiger partial charge in [0.05, 0.1) is 23.3 Å². The van der Waals surface area contributed by atoms with Crippen molar-refractivity contribution in [3.05, 3.63) is 81.9 Å². The van der Waals surface area contributed by atoms with Gasteiger partial charge >= 0.3 is 0 Å². The van der Waals surface area contributed by atoms with E-state index < -0.39 is 0 Å². The maximum absolute atomic E-state index is 13.3. The number of amides is 3. The molecule has 9 nitrogen and oxygen atoms in total. The van der Waals surface area contributed by atoms with Crippen molar-refractivity contribution in [3.63, 3.8) is 0 Å². The topological polar surface area (TPSA) is 127 Å². The van der Waals surface area contributed by atoms with Crippen LogP contribution in [0.1, 0.15) is 51.4 Å². The third kappa shape index (κ3) is 5.47. The number of rotatable bonds is 6. The van der Waals surface area contributed by atoms with E-state index in [4.69, 9.17) is 0 Å². The predicted molar refractivity (Wildman–Crippen MR) is 149 cm³/mol. The Morgan fingerprint density at radius 1 is 1.10 bits per heavy atom. The minimum Gasteiger partial charge on any atom is -0.357 e. The Labute approximate surface area is 225 Å². The molecule has 3 heterocycles. The van der Waals surface area contributed by atoms with Gasteiger partial charge in [-0.25, -0.2) is 4.39 Å². The van der Waals surface area contributed by atoms with E-state index in [0.29, 0.717) is 40.3 Å². The second-order valence-electron chi connectivity index (χ2n) is 9.88. The Morgan fingerprint density at radius 2 is 1.87 bits per heavy atom. The summed E-state index contributed by atoms with van der Waals surface area (Å²) in [4.78, 5) is 41.9. The number of carbonyl (C=O) groups is 3. The molecule has 0 unspecified atom stereocenters. The van der Waals surface area contributed by atoms with Crippen molar-refractivity contribution < 1.29 is 18.8 Å². The van der Waals surface area contributed by atoms with E-state index in [1.165, 1.54) is 12.1 Å². The molecule has 0 radical (unpaired) electrons. The summed E-state index contributed by atoms with van der Waals surface area (Å²) in [6, 6.07) is 10.4. The number of benzene rings is 2. The monoisotopic (exact) mass is 530 g/mol. The van der Waals surface area contributed by atoms with Gasteiger partial charge in [0.2, 0.25) is 5.91 Å². The number of hydrogen-bond donors (Lipinski definition) is 6. The van der Waals surface area contributed by atoms with E-state index in [0.717, 1.165) is 29.9 Å². The van der Waals surface area contributed by atoms with Gasteiger partial charge in [-0.1, -0.05) is 12.1 Å². The summed E-state index contributed by atoms with van der Waals surface area (Å²) < 4.78 is 13.3. The fourth-order valence-electron chi connectivity index (χ4n) is 4.89. The number of nitrogens with one attached hydrogen (secondary N) is 6. The molecule has 2 aromatic carbocycles. The molecule has 2 aliphatic heterocycles. The summed E-state index contributed by atoms with van der Waals surface area (Å²) in [6.07, 6.45) is 1.74. The van der Waals surface area contributed by atoms with Gasteiger partial charge in [0.1, 0.15) is 5.82 Å². The molecule has 6 N–H and O–H groups in total. The number of H-pyrrole nitrogens is 1. The SMILES string of the molecule is Cc1[nH]c(/C=C2\C(=O)Nc3ccc(C(=O)N[C@H](C)c4ccc(F)cc4)cc32)c(C)c1NC(=O)[C@@H]1CNCCN1. The summed E-state index contributed by atoms with van der Waals surface area (Å²) in [5.74, 6) is -1.05. The largest absolute Gasteiger partial charge is 0.357 e. The minimum atomic E-state index is -0.340. The van der Waals surface area contributed by atoms with E-state index in [1.54, 1.807) is 36.4 Å². The molecular formula is C29H31FN6O3. The first-order valence-electron chi connectivity index (χ1n) is 12.9. The van der Waals surface area contributed by atoms with Crippen molar-refractivity contribution in [2.24, 2.45) is 0 Å². The Bertz CT molecular complexity index is 1470. The minimum absolute atomic E-state index is 0.124. The Kier molecular flexibility index (Phi) is 7.32. The van der Waals surface area contributed by atoms with Gasteiger partial charge in [-0.3, -0.25) is 14.4 Å². The van der Waals surface area contributed by atoms with Gasteiger partial charge in [-0.05, 0) is 68.3 Å². The molecule has 2 atom stereocenters. The van der Waals surface area contributed by atoms with Crippen molar-refractivity contribution in [2.45, 2.75) is 32.9 Å². The third-order valence-electron chi connectivity index (χ3n) is 7.15. The number of aromatic amines is 1. The van der Waals surface area contributed by atoms with Crippen molar-refractivity contribution >= 4 is 40.7 Å². The quantitative estimate of drug-likeness (QED) is 0.273. The normalized spacial score (nSPS) is 18.4. The van der Waals surface area contributed by atoms with E-state index in [2.05, 4.69) is 31.6 Å². The third-order valence-corrected chi connectivity index (χ3v) is 7.15. The molecule has 5 rings (SSSR count).